The number of Topliss-reactive ketones (excluding diaryl/α,β-unsaturated/α-hetero) is 1. The maximum Gasteiger partial charge on any atom is 0.343 e. The fourth-order valence-electron chi connectivity index (χ4n) is 1.21. The molecule has 1 aromatic carbocycles. The second kappa shape index (κ2) is 7.41. The maximum absolute atomic E-state index is 11.4. The van der Waals surface area contributed by atoms with Crippen molar-refractivity contribution in [1.82, 2.24) is 5.48 Å². The molecule has 0 heterocycles. The summed E-state index contributed by atoms with van der Waals surface area (Å²) in [6.45, 7) is 2.12. The first-order chi connectivity index (χ1) is 8.63. The van der Waals surface area contributed by atoms with E-state index in [1.807, 2.05) is 0 Å². The standard InChI is InChI=1S/C12H16N2O4/c1-9(15)10-4-3-5-11(8-10)13-12(16)14-18-7-6-17-2/h3-5,8H,6-7H2,1-2H3,(H2,13,14,16). The summed E-state index contributed by atoms with van der Waals surface area (Å²) in [6.07, 6.45) is 0. The zero-order valence-electron chi connectivity index (χ0n) is 10.4. The Labute approximate surface area is 105 Å². The molecule has 0 unspecified atom stereocenters. The highest BCUT2D eigenvalue weighted by molar-refractivity contribution is 5.96. The van der Waals surface area contributed by atoms with Gasteiger partial charge >= 0.3 is 6.03 Å². The van der Waals surface area contributed by atoms with Crippen molar-refractivity contribution in [3.63, 3.8) is 0 Å². The summed E-state index contributed by atoms with van der Waals surface area (Å²) in [4.78, 5) is 27.4. The summed E-state index contributed by atoms with van der Waals surface area (Å²) in [5, 5.41) is 2.55. The van der Waals surface area contributed by atoms with Crippen molar-refractivity contribution >= 4 is 17.5 Å². The Morgan fingerprint density at radius 1 is 1.28 bits per heavy atom. The molecule has 0 aromatic heterocycles. The molecule has 98 valence electrons. The minimum Gasteiger partial charge on any atom is -0.382 e. The predicted molar refractivity (Wildman–Crippen MR) is 66.4 cm³/mol. The van der Waals surface area contributed by atoms with Crippen LogP contribution in [0.1, 0.15) is 17.3 Å². The number of hydrogen-bond donors (Lipinski definition) is 2. The minimum absolute atomic E-state index is 0.0598. The number of methoxy groups -OCH3 is 1. The molecule has 6 nitrogen and oxygen atoms in total. The van der Waals surface area contributed by atoms with Crippen LogP contribution >= 0.6 is 0 Å². The highest BCUT2D eigenvalue weighted by atomic mass is 16.7. The van der Waals surface area contributed by atoms with Crippen LogP contribution in [0.15, 0.2) is 24.3 Å². The van der Waals surface area contributed by atoms with Crippen LogP contribution in [0.5, 0.6) is 0 Å². The van der Waals surface area contributed by atoms with Gasteiger partial charge in [0.15, 0.2) is 5.78 Å². The monoisotopic (exact) mass is 252 g/mol. The van der Waals surface area contributed by atoms with Crippen LogP contribution in [-0.2, 0) is 9.57 Å². The molecular formula is C12H16N2O4. The van der Waals surface area contributed by atoms with Crippen molar-refractivity contribution in [2.24, 2.45) is 0 Å². The summed E-state index contributed by atoms with van der Waals surface area (Å²) >= 11 is 0. The lowest BCUT2D eigenvalue weighted by Crippen LogP contribution is -2.30. The number of rotatable bonds is 6. The lowest BCUT2D eigenvalue weighted by atomic mass is 10.1. The molecule has 0 spiro atoms. The predicted octanol–water partition coefficient (Wildman–Crippen LogP) is 1.59. The second-order valence-electron chi connectivity index (χ2n) is 3.53. The van der Waals surface area contributed by atoms with Gasteiger partial charge in [-0.1, -0.05) is 12.1 Å². The Bertz CT molecular complexity index is 420. The number of anilines is 1. The van der Waals surface area contributed by atoms with Gasteiger partial charge in [0.2, 0.25) is 0 Å². The largest absolute Gasteiger partial charge is 0.382 e. The number of ketones is 1. The normalized spacial score (nSPS) is 9.89. The summed E-state index contributed by atoms with van der Waals surface area (Å²) in [7, 11) is 1.54. The van der Waals surface area contributed by atoms with Crippen LogP contribution in [0.3, 0.4) is 0 Å². The van der Waals surface area contributed by atoms with Gasteiger partial charge in [-0.15, -0.1) is 0 Å². The third-order valence-electron chi connectivity index (χ3n) is 2.08. The van der Waals surface area contributed by atoms with Gasteiger partial charge in [0, 0.05) is 18.4 Å². The van der Waals surface area contributed by atoms with Gasteiger partial charge < -0.3 is 10.1 Å². The molecule has 0 aliphatic carbocycles. The van der Waals surface area contributed by atoms with E-state index in [0.29, 0.717) is 17.9 Å². The van der Waals surface area contributed by atoms with E-state index in [9.17, 15) is 9.59 Å². The molecule has 18 heavy (non-hydrogen) atoms. The molecule has 6 heteroatoms. The van der Waals surface area contributed by atoms with Crippen LogP contribution in [0.25, 0.3) is 0 Å². The molecule has 0 aliphatic rings. The van der Waals surface area contributed by atoms with Gasteiger partial charge in [0.05, 0.1) is 13.2 Å². The van der Waals surface area contributed by atoms with Crippen LogP contribution in [0.2, 0.25) is 0 Å². The van der Waals surface area contributed by atoms with E-state index in [1.54, 1.807) is 24.3 Å². The van der Waals surface area contributed by atoms with Crippen LogP contribution in [0.4, 0.5) is 10.5 Å². The zero-order chi connectivity index (χ0) is 13.4. The first-order valence-corrected chi connectivity index (χ1v) is 5.42. The average molecular weight is 252 g/mol. The van der Waals surface area contributed by atoms with Gasteiger partial charge in [-0.25, -0.2) is 10.3 Å². The summed E-state index contributed by atoms with van der Waals surface area (Å²) < 4.78 is 4.75. The van der Waals surface area contributed by atoms with Gasteiger partial charge in [-0.2, -0.15) is 0 Å². The van der Waals surface area contributed by atoms with Gasteiger partial charge in [0.1, 0.15) is 0 Å². The Kier molecular flexibility index (Phi) is 5.83. The number of carbonyl (C=O) groups excluding carboxylic acids is 2. The van der Waals surface area contributed by atoms with Crippen LogP contribution in [-0.4, -0.2) is 32.1 Å². The quantitative estimate of drug-likeness (QED) is 0.458. The molecular weight excluding hydrogens is 236 g/mol. The second-order valence-corrected chi connectivity index (χ2v) is 3.53. The van der Waals surface area contributed by atoms with Gasteiger partial charge in [0.25, 0.3) is 0 Å². The number of benzene rings is 1. The van der Waals surface area contributed by atoms with Crippen molar-refractivity contribution in [3.05, 3.63) is 29.8 Å². The first kappa shape index (κ1) is 14.1. The molecule has 0 atom stereocenters. The van der Waals surface area contributed by atoms with Crippen LogP contribution in [0, 0.1) is 0 Å². The lowest BCUT2D eigenvalue weighted by molar-refractivity contribution is 0.0272. The van der Waals surface area contributed by atoms with E-state index >= 15 is 0 Å². The third kappa shape index (κ3) is 4.94. The summed E-state index contributed by atoms with van der Waals surface area (Å²) in [5.74, 6) is -0.0598. The van der Waals surface area contributed by atoms with E-state index < -0.39 is 6.03 Å². The topological polar surface area (TPSA) is 76.7 Å². The minimum atomic E-state index is -0.508. The fourth-order valence-corrected chi connectivity index (χ4v) is 1.21. The van der Waals surface area contributed by atoms with Crippen molar-refractivity contribution in [1.29, 1.82) is 0 Å². The van der Waals surface area contributed by atoms with E-state index in [2.05, 4.69) is 10.8 Å². The average Bonchev–Trinajstić information content (AvgIpc) is 2.35. The molecule has 0 saturated heterocycles. The Morgan fingerprint density at radius 3 is 2.72 bits per heavy atom. The number of carbonyl (C=O) groups is 2. The molecule has 0 saturated carbocycles. The molecule has 2 N–H and O–H groups in total. The molecule has 1 aromatic rings. The molecule has 0 aliphatic heterocycles. The molecule has 0 fully saturated rings. The number of hydroxylamine groups is 1. The highest BCUT2D eigenvalue weighted by Gasteiger charge is 2.04. The number of urea groups is 1. The van der Waals surface area contributed by atoms with E-state index in [4.69, 9.17) is 9.57 Å². The van der Waals surface area contributed by atoms with Crippen molar-refractivity contribution in [3.8, 4) is 0 Å². The number of hydrogen-bond acceptors (Lipinski definition) is 4. The Morgan fingerprint density at radius 2 is 2.06 bits per heavy atom. The fraction of sp³-hybridized carbons (Fsp3) is 0.333. The van der Waals surface area contributed by atoms with E-state index in [1.165, 1.54) is 14.0 Å². The van der Waals surface area contributed by atoms with Crippen molar-refractivity contribution < 1.29 is 19.2 Å². The molecule has 0 bridgehead atoms. The lowest BCUT2D eigenvalue weighted by Gasteiger charge is -2.08. The van der Waals surface area contributed by atoms with Gasteiger partial charge in [-0.05, 0) is 19.1 Å². The van der Waals surface area contributed by atoms with Crippen molar-refractivity contribution in [2.75, 3.05) is 25.6 Å². The molecule has 1 rings (SSSR count). The highest BCUT2D eigenvalue weighted by Crippen LogP contribution is 2.10. The Hall–Kier alpha value is -1.92. The smallest absolute Gasteiger partial charge is 0.343 e. The first-order valence-electron chi connectivity index (χ1n) is 5.42. The third-order valence-corrected chi connectivity index (χ3v) is 2.08. The van der Waals surface area contributed by atoms with Gasteiger partial charge in [-0.3, -0.25) is 9.63 Å². The molecule has 2 amide bonds. The van der Waals surface area contributed by atoms with Crippen molar-refractivity contribution in [2.45, 2.75) is 6.92 Å². The van der Waals surface area contributed by atoms with E-state index in [-0.39, 0.29) is 12.4 Å². The van der Waals surface area contributed by atoms with Crippen LogP contribution < -0.4 is 10.8 Å². The molecule has 0 radical (unpaired) electrons. The number of amides is 2. The maximum atomic E-state index is 11.4. The SMILES string of the molecule is COCCONC(=O)Nc1cccc(C(C)=O)c1. The van der Waals surface area contributed by atoms with E-state index in [0.717, 1.165) is 0 Å². The summed E-state index contributed by atoms with van der Waals surface area (Å²) in [6, 6.07) is 6.14. The number of ether oxygens (including phenoxy) is 1. The Balaban J connectivity index is 2.44. The summed E-state index contributed by atoms with van der Waals surface area (Å²) in [5.41, 5.74) is 3.26. The number of nitrogens with one attached hydrogen (secondary N) is 2. The zero-order valence-corrected chi connectivity index (χ0v) is 10.4.